The summed E-state index contributed by atoms with van der Waals surface area (Å²) < 4.78 is 29.3. The second kappa shape index (κ2) is 84.1. The Labute approximate surface area is 102 Å². The van der Waals surface area contributed by atoms with Crippen LogP contribution in [0.4, 0.5) is 0 Å². The molecule has 14 heteroatoms. The van der Waals surface area contributed by atoms with Crippen molar-refractivity contribution in [2.45, 2.75) is 7.43 Å². The molecule has 0 heterocycles. The van der Waals surface area contributed by atoms with Gasteiger partial charge in [-0.25, -0.2) is 0 Å². The minimum Gasteiger partial charge on any atom is -0.870 e. The van der Waals surface area contributed by atoms with Gasteiger partial charge in [0, 0.05) is 7.43 Å². The van der Waals surface area contributed by atoms with E-state index in [1.54, 1.807) is 0 Å². The van der Waals surface area contributed by atoms with Crippen molar-refractivity contribution in [2.24, 2.45) is 0 Å². The molecule has 0 aliphatic carbocycles. The smallest absolute Gasteiger partial charge is 0.631 e. The fourth-order valence-electron chi connectivity index (χ4n) is 0. The van der Waals surface area contributed by atoms with Crippen LogP contribution in [0.5, 0.6) is 0 Å². The number of rotatable bonds is 1. The van der Waals surface area contributed by atoms with Crippen LogP contribution in [0.25, 0.3) is 0 Å². The van der Waals surface area contributed by atoms with Crippen molar-refractivity contribution in [3.05, 3.63) is 7.43 Å². The van der Waals surface area contributed by atoms with E-state index < -0.39 is 22.0 Å². The maximum atomic E-state index is 8.95. The summed E-state index contributed by atoms with van der Waals surface area (Å²) in [4.78, 5) is 0. The summed E-state index contributed by atoms with van der Waals surface area (Å²) in [5, 5.41) is 38.0. The Kier molecular flexibility index (Phi) is 221. The zero-order chi connectivity index (χ0) is 12.4. The molecule has 0 spiro atoms. The predicted molar refractivity (Wildman–Crippen MR) is 53.8 cm³/mol. The Morgan fingerprint density at radius 1 is 1.06 bits per heavy atom. The Morgan fingerprint density at radius 2 is 1.12 bits per heavy atom. The summed E-state index contributed by atoms with van der Waals surface area (Å²) in [5.74, 6) is 0. The maximum Gasteiger partial charge on any atom is 0.631 e. The van der Waals surface area contributed by atoms with Gasteiger partial charge in [-0.3, -0.25) is 0 Å². The Morgan fingerprint density at radius 3 is 1.12 bits per heavy atom. The predicted octanol–water partition coefficient (Wildman–Crippen LogP) is -4.92. The zero-order valence-corrected chi connectivity index (χ0v) is 8.55. The van der Waals surface area contributed by atoms with E-state index in [0.29, 0.717) is 7.35 Å². The van der Waals surface area contributed by atoms with Gasteiger partial charge < -0.3 is 20.5 Å². The average molecular weight is 253 g/mol. The van der Waals surface area contributed by atoms with Crippen molar-refractivity contribution in [3.8, 4) is 0 Å². The van der Waals surface area contributed by atoms with Gasteiger partial charge in [0.25, 0.3) is 0 Å². The first kappa shape index (κ1) is 44.7. The molecule has 0 aromatic carbocycles. The molecule has 0 aromatic rings. The molecule has 0 aromatic heterocycles. The summed E-state index contributed by atoms with van der Waals surface area (Å²) in [6, 6.07) is 0. The van der Waals surface area contributed by atoms with E-state index >= 15 is 0 Å². The third-order valence-electron chi connectivity index (χ3n) is 0.0962. The van der Waals surface area contributed by atoms with E-state index in [1.807, 2.05) is 0 Å². The van der Waals surface area contributed by atoms with Crippen molar-refractivity contribution in [1.82, 2.24) is 0 Å². The second-order valence-electron chi connectivity index (χ2n) is 0.871. The first-order valence-corrected chi connectivity index (χ1v) is 2.60. The first-order chi connectivity index (χ1) is 6.47. The van der Waals surface area contributed by atoms with Gasteiger partial charge in [-0.15, -0.1) is 0 Å². The van der Waals surface area contributed by atoms with E-state index in [9.17, 15) is 0 Å². The van der Waals surface area contributed by atoms with Crippen LogP contribution in [0.3, 0.4) is 0 Å². The van der Waals surface area contributed by atoms with Crippen LogP contribution in [0.1, 0.15) is 7.43 Å². The van der Waals surface area contributed by atoms with E-state index in [-0.39, 0.29) is 20.3 Å². The van der Waals surface area contributed by atoms with Crippen LogP contribution in [0.15, 0.2) is 0 Å². The van der Waals surface area contributed by atoms with Crippen molar-refractivity contribution in [2.75, 3.05) is 7.11 Å². The minimum atomic E-state index is -2.17. The molecule has 0 saturated carbocycles. The van der Waals surface area contributed by atoms with Gasteiger partial charge in [0.2, 0.25) is 0 Å². The average Bonchev–Trinajstić information content (AvgIpc) is 2.06. The maximum absolute atomic E-state index is 8.95. The molecule has 0 saturated heterocycles. The largest absolute Gasteiger partial charge is 0.870 e. The van der Waals surface area contributed by atoms with Gasteiger partial charge in [0.1, 0.15) is 0 Å². The Balaban J connectivity index is -0.0000000149. The fraction of sp³-hybridized carbons (Fsp3) is 0.667. The van der Waals surface area contributed by atoms with Crippen LogP contribution < -0.4 is 10.0 Å². The molecule has 0 bridgehead atoms. The molecule has 0 radical (unpaired) electrons. The van der Waals surface area contributed by atoms with Crippen molar-refractivity contribution < 1.29 is 49.4 Å². The molecule has 0 unspecified atom stereocenters. The van der Waals surface area contributed by atoms with Gasteiger partial charge in [-0.2, -0.15) is 0 Å². The molecule has 100 valence electrons. The number of hydrogen-bond donors (Lipinski definition) is 3. The topological polar surface area (TPSA) is 197 Å². The molecule has 0 atom stereocenters. The van der Waals surface area contributed by atoms with Crippen LogP contribution in [-0.4, -0.2) is 57.0 Å². The fourth-order valence-corrected chi connectivity index (χ4v) is 0. The third-order valence-corrected chi connectivity index (χ3v) is 0.0962. The van der Waals surface area contributed by atoms with Gasteiger partial charge in [0.15, 0.2) is 0 Å². The van der Waals surface area contributed by atoms with Crippen molar-refractivity contribution >= 4 is 29.4 Å². The molecular weight excluding hydrogens is 239 g/mol. The molecule has 0 aliphatic rings. The molecule has 0 amide bonds. The second-order valence-corrected chi connectivity index (χ2v) is 0.871. The van der Waals surface area contributed by atoms with Crippen LogP contribution in [0.2, 0.25) is 0 Å². The van der Waals surface area contributed by atoms with Crippen LogP contribution in [0, 0.1) is 7.43 Å². The summed E-state index contributed by atoms with van der Waals surface area (Å²) in [5.41, 5.74) is 0. The van der Waals surface area contributed by atoms with Gasteiger partial charge in [-0.1, -0.05) is 7.43 Å². The summed E-state index contributed by atoms with van der Waals surface area (Å²) >= 11 is 0. The van der Waals surface area contributed by atoms with Gasteiger partial charge in [0.05, 0.1) is 0 Å². The zero-order valence-electron chi connectivity index (χ0n) is 8.55. The first-order valence-electron chi connectivity index (χ1n) is 2.60. The molecule has 0 rings (SSSR count). The Hall–Kier alpha value is -1.23. The summed E-state index contributed by atoms with van der Waals surface area (Å²) in [7, 11) is -1.48. The standard InChI is InChI=1S/CH3BO2.CH4.CH3.BH3O3.2BO2.H2O/c1-4-2-3;;;2-1(3)4;2*2-1-3;/h1H3;1H4;1H3;2-4H;;;1H2/q;;+1;;2*-1;/p-1. The Bertz CT molecular complexity index is 103. The van der Waals surface area contributed by atoms with Crippen LogP contribution >= 0.6 is 0 Å². The summed E-state index contributed by atoms with van der Waals surface area (Å²) in [6.45, 7) is 0. The van der Waals surface area contributed by atoms with E-state index in [2.05, 4.69) is 4.65 Å². The van der Waals surface area contributed by atoms with E-state index in [4.69, 9.17) is 39.2 Å². The van der Waals surface area contributed by atoms with Crippen molar-refractivity contribution in [1.29, 1.82) is 0 Å². The summed E-state index contributed by atoms with van der Waals surface area (Å²) in [6.07, 6.45) is 0. The van der Waals surface area contributed by atoms with Gasteiger partial charge in [-0.05, 0) is 0 Å². The molecule has 17 heavy (non-hydrogen) atoms. The monoisotopic (exact) mass is 254 g/mol. The van der Waals surface area contributed by atoms with E-state index in [1.165, 1.54) is 7.11 Å². The van der Waals surface area contributed by atoms with E-state index in [0.717, 1.165) is 0 Å². The molecule has 10 nitrogen and oxygen atoms in total. The molecular formula is C3H14B4O10-2. The molecule has 0 fully saturated rings. The van der Waals surface area contributed by atoms with Gasteiger partial charge >= 0.3 is 65.3 Å². The number of hydrogen-bond acceptors (Lipinski definition) is 10. The quantitative estimate of drug-likeness (QED) is 0.300. The van der Waals surface area contributed by atoms with Crippen molar-refractivity contribution in [3.63, 3.8) is 0 Å². The molecule has 0 aliphatic heterocycles. The third kappa shape index (κ3) is 45400. The SMILES string of the molecule is C.COB=O.O=B[O-].O=B[O-].OB(O)O.[CH3+].[OH-]. The van der Waals surface area contributed by atoms with Crippen LogP contribution in [-0.2, 0) is 18.8 Å². The normalized spacial score (nSPS) is 3.53. The molecule has 4 N–H and O–H groups in total. The minimum absolute atomic E-state index is 0.